The summed E-state index contributed by atoms with van der Waals surface area (Å²) in [5.41, 5.74) is -0.0759. The molecule has 28 heavy (non-hydrogen) atoms. The lowest BCUT2D eigenvalue weighted by atomic mass is 10.2. The summed E-state index contributed by atoms with van der Waals surface area (Å²) in [4.78, 5) is -0.342. The van der Waals surface area contributed by atoms with E-state index >= 15 is 0 Å². The second kappa shape index (κ2) is 7.81. The molecule has 9 heteroatoms. The van der Waals surface area contributed by atoms with Crippen molar-refractivity contribution in [2.45, 2.75) is 11.4 Å². The third kappa shape index (κ3) is 4.13. The fraction of sp³-hybridized carbons (Fsp3) is 0.0526. The van der Waals surface area contributed by atoms with Gasteiger partial charge in [-0.1, -0.05) is 17.7 Å². The minimum Gasteiger partial charge on any atom is -0.262 e. The van der Waals surface area contributed by atoms with Crippen LogP contribution in [-0.4, -0.2) is 8.42 Å². The summed E-state index contributed by atoms with van der Waals surface area (Å²) in [7, 11) is -4.33. The molecule has 0 aliphatic rings. The summed E-state index contributed by atoms with van der Waals surface area (Å²) >= 11 is 5.68. The second-order valence-corrected chi connectivity index (χ2v) is 8.07. The molecule has 0 heterocycles. The Morgan fingerprint density at radius 1 is 0.786 bits per heavy atom. The van der Waals surface area contributed by atoms with E-state index in [1.807, 2.05) is 0 Å². The third-order valence-corrected chi connectivity index (χ3v) is 5.98. The van der Waals surface area contributed by atoms with Crippen LogP contribution >= 0.6 is 11.6 Å². The maximum absolute atomic E-state index is 14.1. The predicted molar refractivity (Wildman–Crippen MR) is 97.5 cm³/mol. The van der Waals surface area contributed by atoms with Crippen molar-refractivity contribution < 1.29 is 26.0 Å². The molecule has 0 bridgehead atoms. The van der Waals surface area contributed by atoms with Crippen LogP contribution in [0.5, 0.6) is 0 Å². The Bertz CT molecular complexity index is 1120. The van der Waals surface area contributed by atoms with Crippen LogP contribution < -0.4 is 4.31 Å². The Kier molecular flexibility index (Phi) is 5.62. The van der Waals surface area contributed by atoms with Gasteiger partial charge in [0.2, 0.25) is 0 Å². The van der Waals surface area contributed by atoms with Gasteiger partial charge in [0.1, 0.15) is 23.3 Å². The average Bonchev–Trinajstić information content (AvgIpc) is 2.64. The Morgan fingerprint density at radius 2 is 1.43 bits per heavy atom. The van der Waals surface area contributed by atoms with E-state index in [-0.39, 0.29) is 16.1 Å². The average molecular weight is 430 g/mol. The van der Waals surface area contributed by atoms with E-state index in [2.05, 4.69) is 0 Å². The summed E-state index contributed by atoms with van der Waals surface area (Å²) in [5.74, 6) is -3.17. The normalized spacial score (nSPS) is 11.5. The monoisotopic (exact) mass is 429 g/mol. The topological polar surface area (TPSA) is 37.4 Å². The fourth-order valence-corrected chi connectivity index (χ4v) is 4.21. The molecule has 3 nitrogen and oxygen atoms in total. The maximum Gasteiger partial charge on any atom is 0.264 e. The molecule has 0 saturated heterocycles. The van der Waals surface area contributed by atoms with Gasteiger partial charge < -0.3 is 0 Å². The number of hydrogen-bond donors (Lipinski definition) is 0. The highest BCUT2D eigenvalue weighted by Crippen LogP contribution is 2.29. The van der Waals surface area contributed by atoms with Crippen LogP contribution in [0.3, 0.4) is 0 Å². The molecule has 3 rings (SSSR count). The first kappa shape index (κ1) is 20.2. The van der Waals surface area contributed by atoms with E-state index in [0.29, 0.717) is 6.07 Å². The van der Waals surface area contributed by atoms with Gasteiger partial charge in [0, 0.05) is 11.6 Å². The van der Waals surface area contributed by atoms with Crippen molar-refractivity contribution in [1.82, 2.24) is 0 Å². The van der Waals surface area contributed by atoms with Crippen LogP contribution in [0.2, 0.25) is 5.02 Å². The molecule has 3 aromatic carbocycles. The highest BCUT2D eigenvalue weighted by Gasteiger charge is 2.27. The molecule has 0 unspecified atom stereocenters. The molecule has 0 aliphatic heterocycles. The molecule has 3 aromatic rings. The second-order valence-electron chi connectivity index (χ2n) is 5.80. The lowest BCUT2D eigenvalue weighted by Gasteiger charge is -2.25. The van der Waals surface area contributed by atoms with Crippen LogP contribution in [0, 0.1) is 23.3 Å². The van der Waals surface area contributed by atoms with Gasteiger partial charge >= 0.3 is 0 Å². The van der Waals surface area contributed by atoms with Crippen molar-refractivity contribution in [3.63, 3.8) is 0 Å². The van der Waals surface area contributed by atoms with E-state index in [9.17, 15) is 26.0 Å². The van der Waals surface area contributed by atoms with Crippen molar-refractivity contribution in [3.8, 4) is 0 Å². The molecular formula is C19H12ClF4NO2S. The third-order valence-electron chi connectivity index (χ3n) is 3.92. The number of sulfonamides is 1. The molecule has 0 aliphatic carbocycles. The van der Waals surface area contributed by atoms with Gasteiger partial charge in [-0.3, -0.25) is 4.31 Å². The number of rotatable bonds is 5. The number of halogens is 5. The van der Waals surface area contributed by atoms with Crippen LogP contribution in [0.4, 0.5) is 23.2 Å². The van der Waals surface area contributed by atoms with Gasteiger partial charge in [0.25, 0.3) is 10.0 Å². The molecule has 0 aromatic heterocycles. The Balaban J connectivity index is 2.11. The molecular weight excluding hydrogens is 418 g/mol. The molecule has 0 spiro atoms. The van der Waals surface area contributed by atoms with Crippen molar-refractivity contribution in [2.75, 3.05) is 4.31 Å². The number of hydrogen-bond acceptors (Lipinski definition) is 2. The van der Waals surface area contributed by atoms with Gasteiger partial charge in [-0.05, 0) is 48.5 Å². The van der Waals surface area contributed by atoms with Gasteiger partial charge in [-0.2, -0.15) is 0 Å². The van der Waals surface area contributed by atoms with E-state index in [1.54, 1.807) is 0 Å². The summed E-state index contributed by atoms with van der Waals surface area (Å²) < 4.78 is 81.0. The summed E-state index contributed by atoms with van der Waals surface area (Å²) in [6.45, 7) is -0.505. The molecule has 0 radical (unpaired) electrons. The van der Waals surface area contributed by atoms with Crippen LogP contribution in [-0.2, 0) is 16.6 Å². The van der Waals surface area contributed by atoms with Crippen molar-refractivity contribution in [1.29, 1.82) is 0 Å². The lowest BCUT2D eigenvalue weighted by molar-refractivity contribution is 0.568. The molecule has 0 saturated carbocycles. The quantitative estimate of drug-likeness (QED) is 0.517. The van der Waals surface area contributed by atoms with Gasteiger partial charge in [-0.25, -0.2) is 26.0 Å². The van der Waals surface area contributed by atoms with Crippen molar-refractivity contribution >= 4 is 27.3 Å². The van der Waals surface area contributed by atoms with Gasteiger partial charge in [0.05, 0.1) is 22.2 Å². The summed E-state index contributed by atoms with van der Waals surface area (Å²) in [5, 5.41) is -0.409. The van der Waals surface area contributed by atoms with Crippen LogP contribution in [0.15, 0.2) is 65.6 Å². The van der Waals surface area contributed by atoms with E-state index in [4.69, 9.17) is 11.6 Å². The zero-order chi connectivity index (χ0) is 20.5. The van der Waals surface area contributed by atoms with Crippen molar-refractivity contribution in [2.24, 2.45) is 0 Å². The first-order valence-electron chi connectivity index (χ1n) is 7.86. The zero-order valence-electron chi connectivity index (χ0n) is 14.0. The van der Waals surface area contributed by atoms with Crippen LogP contribution in [0.25, 0.3) is 0 Å². The minimum atomic E-state index is -4.33. The van der Waals surface area contributed by atoms with Crippen LogP contribution in [0.1, 0.15) is 5.56 Å². The smallest absolute Gasteiger partial charge is 0.262 e. The standard InChI is InChI=1S/C19H12ClF4NO2S/c20-17-10-16(7-8-18(17)23)28(26,27)25(15-5-3-13(21)4-6-15)11-12-1-2-14(22)9-19(12)24/h1-10H,11H2. The highest BCUT2D eigenvalue weighted by molar-refractivity contribution is 7.92. The highest BCUT2D eigenvalue weighted by atomic mass is 35.5. The van der Waals surface area contributed by atoms with Gasteiger partial charge in [-0.15, -0.1) is 0 Å². The first-order valence-corrected chi connectivity index (χ1v) is 9.67. The molecule has 0 fully saturated rings. The van der Waals surface area contributed by atoms with E-state index in [1.165, 1.54) is 12.1 Å². The lowest BCUT2D eigenvalue weighted by Crippen LogP contribution is -2.31. The SMILES string of the molecule is O=S(=O)(c1ccc(F)c(Cl)c1)N(Cc1ccc(F)cc1F)c1ccc(F)cc1. The largest absolute Gasteiger partial charge is 0.264 e. The predicted octanol–water partition coefficient (Wildman–Crippen LogP) is 5.29. The molecule has 0 amide bonds. The van der Waals surface area contributed by atoms with Gasteiger partial charge in [0.15, 0.2) is 0 Å². The first-order chi connectivity index (χ1) is 13.2. The zero-order valence-corrected chi connectivity index (χ0v) is 15.6. The number of anilines is 1. The molecule has 146 valence electrons. The maximum atomic E-state index is 14.1. The van der Waals surface area contributed by atoms with E-state index in [0.717, 1.165) is 46.8 Å². The number of nitrogens with zero attached hydrogens (tertiary/aromatic N) is 1. The Labute approximate surface area is 163 Å². The van der Waals surface area contributed by atoms with Crippen molar-refractivity contribution in [3.05, 3.63) is 94.5 Å². The minimum absolute atomic E-state index is 0.0329. The summed E-state index contributed by atoms with van der Waals surface area (Å²) in [6, 6.07) is 10.00. The summed E-state index contributed by atoms with van der Waals surface area (Å²) in [6.07, 6.45) is 0. The fourth-order valence-electron chi connectivity index (χ4n) is 2.49. The molecule has 0 atom stereocenters. The van der Waals surface area contributed by atoms with E-state index < -0.39 is 44.9 Å². The number of benzene rings is 3. The molecule has 0 N–H and O–H groups in total. The Morgan fingerprint density at radius 3 is 2.04 bits per heavy atom. The Hall–Kier alpha value is -2.58.